The first-order valence-electron chi connectivity index (χ1n) is 8.78. The van der Waals surface area contributed by atoms with Gasteiger partial charge in [0.05, 0.1) is 11.9 Å². The van der Waals surface area contributed by atoms with Gasteiger partial charge in [-0.15, -0.1) is 0 Å². The van der Waals surface area contributed by atoms with Crippen LogP contribution in [0, 0.1) is 11.3 Å². The standard InChI is InChI=1S/C20H12BrN7O3/c21-13-4-6-14(7-5-13)27-17(30)9-15(29)18(26-27)20(31)25-19-12(10-22)11-24-28(19)16-3-1-2-8-23-16/h1-9,11,29H,(H,25,31). The third kappa shape index (κ3) is 3.92. The minimum Gasteiger partial charge on any atom is -0.505 e. The Labute approximate surface area is 183 Å². The molecule has 0 unspecified atom stereocenters. The van der Waals surface area contributed by atoms with Gasteiger partial charge in [0.1, 0.15) is 11.6 Å². The molecule has 0 aliphatic heterocycles. The smallest absolute Gasteiger partial charge is 0.281 e. The van der Waals surface area contributed by atoms with Crippen LogP contribution in [0.1, 0.15) is 16.1 Å². The van der Waals surface area contributed by atoms with Crippen molar-refractivity contribution < 1.29 is 9.90 Å². The van der Waals surface area contributed by atoms with Gasteiger partial charge >= 0.3 is 0 Å². The second-order valence-corrected chi connectivity index (χ2v) is 7.09. The Kier molecular flexibility index (Phi) is 5.30. The molecule has 11 heteroatoms. The van der Waals surface area contributed by atoms with Gasteiger partial charge in [-0.2, -0.15) is 24.8 Å². The van der Waals surface area contributed by atoms with Crippen LogP contribution >= 0.6 is 15.9 Å². The Morgan fingerprint density at radius 1 is 1.16 bits per heavy atom. The summed E-state index contributed by atoms with van der Waals surface area (Å²) < 4.78 is 3.06. The minimum atomic E-state index is -0.836. The molecule has 0 aliphatic carbocycles. The highest BCUT2D eigenvalue weighted by Gasteiger charge is 2.21. The molecule has 1 amide bonds. The number of nitrogens with zero attached hydrogens (tertiary/aromatic N) is 6. The van der Waals surface area contributed by atoms with Crippen LogP contribution in [0.2, 0.25) is 0 Å². The molecule has 2 N–H and O–H groups in total. The van der Waals surface area contributed by atoms with Gasteiger partial charge in [-0.05, 0) is 36.4 Å². The molecule has 4 rings (SSSR count). The first-order valence-corrected chi connectivity index (χ1v) is 9.57. The summed E-state index contributed by atoms with van der Waals surface area (Å²) in [6.07, 6.45) is 2.82. The number of anilines is 1. The number of nitrogens with one attached hydrogen (secondary N) is 1. The second-order valence-electron chi connectivity index (χ2n) is 6.18. The summed E-state index contributed by atoms with van der Waals surface area (Å²) in [5.41, 5.74) is -0.536. The van der Waals surface area contributed by atoms with Crippen molar-refractivity contribution in [2.45, 2.75) is 0 Å². The number of pyridine rings is 1. The maximum absolute atomic E-state index is 12.9. The highest BCUT2D eigenvalue weighted by atomic mass is 79.9. The van der Waals surface area contributed by atoms with Crippen LogP contribution in [0.5, 0.6) is 5.75 Å². The van der Waals surface area contributed by atoms with Crippen molar-refractivity contribution in [3.8, 4) is 23.3 Å². The Balaban J connectivity index is 1.74. The van der Waals surface area contributed by atoms with Crippen LogP contribution in [-0.2, 0) is 0 Å². The van der Waals surface area contributed by atoms with E-state index < -0.39 is 22.9 Å². The highest BCUT2D eigenvalue weighted by molar-refractivity contribution is 9.10. The van der Waals surface area contributed by atoms with Crippen molar-refractivity contribution in [1.29, 1.82) is 5.26 Å². The fraction of sp³-hybridized carbons (Fsp3) is 0. The largest absolute Gasteiger partial charge is 0.505 e. The van der Waals surface area contributed by atoms with Gasteiger partial charge in [0.15, 0.2) is 23.1 Å². The summed E-state index contributed by atoms with van der Waals surface area (Å²) in [6.45, 7) is 0. The summed E-state index contributed by atoms with van der Waals surface area (Å²) in [6, 6.07) is 14.6. The topological polar surface area (TPSA) is 139 Å². The Hall–Kier alpha value is -4.30. The molecule has 0 saturated carbocycles. The number of carbonyl (C=O) groups excluding carboxylic acids is 1. The van der Waals surface area contributed by atoms with Crippen molar-refractivity contribution in [1.82, 2.24) is 24.5 Å². The lowest BCUT2D eigenvalue weighted by Gasteiger charge is -2.11. The molecule has 31 heavy (non-hydrogen) atoms. The number of hydrogen-bond donors (Lipinski definition) is 2. The van der Waals surface area contributed by atoms with Crippen LogP contribution in [0.3, 0.4) is 0 Å². The molecular formula is C20H12BrN7O3. The zero-order valence-electron chi connectivity index (χ0n) is 15.6. The minimum absolute atomic E-state index is 0.0498. The number of halogens is 1. The number of amides is 1. The molecular weight excluding hydrogens is 466 g/mol. The van der Waals surface area contributed by atoms with Gasteiger partial charge in [-0.1, -0.05) is 22.0 Å². The fourth-order valence-electron chi connectivity index (χ4n) is 2.75. The van der Waals surface area contributed by atoms with Gasteiger partial charge in [0.25, 0.3) is 11.5 Å². The summed E-state index contributed by atoms with van der Waals surface area (Å²) in [5.74, 6) is -1.01. The summed E-state index contributed by atoms with van der Waals surface area (Å²) in [4.78, 5) is 29.3. The van der Waals surface area contributed by atoms with E-state index in [4.69, 9.17) is 0 Å². The van der Waals surface area contributed by atoms with E-state index in [-0.39, 0.29) is 11.4 Å². The van der Waals surface area contributed by atoms with E-state index in [0.29, 0.717) is 11.5 Å². The zero-order valence-corrected chi connectivity index (χ0v) is 17.2. The fourth-order valence-corrected chi connectivity index (χ4v) is 3.01. The van der Waals surface area contributed by atoms with Gasteiger partial charge in [0, 0.05) is 16.7 Å². The van der Waals surface area contributed by atoms with E-state index in [1.165, 1.54) is 17.1 Å². The number of hydrogen-bond acceptors (Lipinski definition) is 7. The van der Waals surface area contributed by atoms with E-state index in [2.05, 4.69) is 36.4 Å². The van der Waals surface area contributed by atoms with Gasteiger partial charge < -0.3 is 10.4 Å². The lowest BCUT2D eigenvalue weighted by Crippen LogP contribution is -2.26. The lowest BCUT2D eigenvalue weighted by atomic mass is 10.3. The van der Waals surface area contributed by atoms with Crippen LogP contribution in [0.15, 0.2) is 70.2 Å². The monoisotopic (exact) mass is 477 g/mol. The van der Waals surface area contributed by atoms with Crippen molar-refractivity contribution in [3.63, 3.8) is 0 Å². The summed E-state index contributed by atoms with van der Waals surface area (Å²) >= 11 is 3.31. The molecule has 0 fully saturated rings. The van der Waals surface area contributed by atoms with E-state index in [1.54, 1.807) is 42.5 Å². The Morgan fingerprint density at radius 2 is 1.94 bits per heavy atom. The van der Waals surface area contributed by atoms with E-state index >= 15 is 0 Å². The molecule has 10 nitrogen and oxygen atoms in total. The predicted molar refractivity (Wildman–Crippen MR) is 113 cm³/mol. The molecule has 0 spiro atoms. The molecule has 0 atom stereocenters. The molecule has 3 heterocycles. The number of nitriles is 1. The van der Waals surface area contributed by atoms with E-state index in [9.17, 15) is 20.0 Å². The number of rotatable bonds is 4. The molecule has 0 saturated heterocycles. The molecule has 152 valence electrons. The molecule has 0 aliphatic rings. The highest BCUT2D eigenvalue weighted by Crippen LogP contribution is 2.21. The average molecular weight is 478 g/mol. The predicted octanol–water partition coefficient (Wildman–Crippen LogP) is 2.41. The van der Waals surface area contributed by atoms with Gasteiger partial charge in [-0.25, -0.2) is 4.98 Å². The van der Waals surface area contributed by atoms with Crippen LogP contribution in [-0.4, -0.2) is 35.6 Å². The molecule has 4 aromatic rings. The number of carbonyl (C=O) groups is 1. The summed E-state index contributed by atoms with van der Waals surface area (Å²) in [5, 5.41) is 30.2. The van der Waals surface area contributed by atoms with E-state index in [1.807, 2.05) is 6.07 Å². The van der Waals surface area contributed by atoms with Crippen molar-refractivity contribution in [2.24, 2.45) is 0 Å². The zero-order chi connectivity index (χ0) is 22.0. The van der Waals surface area contributed by atoms with Crippen LogP contribution in [0.4, 0.5) is 5.82 Å². The van der Waals surface area contributed by atoms with Crippen LogP contribution < -0.4 is 10.9 Å². The summed E-state index contributed by atoms with van der Waals surface area (Å²) in [7, 11) is 0. The molecule has 1 aromatic carbocycles. The van der Waals surface area contributed by atoms with E-state index in [0.717, 1.165) is 15.2 Å². The average Bonchev–Trinajstić information content (AvgIpc) is 3.17. The Bertz CT molecular complexity index is 1370. The normalized spacial score (nSPS) is 10.5. The SMILES string of the molecule is N#Cc1cnn(-c2ccccn2)c1NC(=O)c1nn(-c2ccc(Br)cc2)c(=O)cc1O. The number of aromatic hydroxyl groups is 1. The third-order valence-electron chi connectivity index (χ3n) is 4.19. The van der Waals surface area contributed by atoms with Gasteiger partial charge in [-0.3, -0.25) is 9.59 Å². The van der Waals surface area contributed by atoms with Crippen molar-refractivity contribution >= 4 is 27.7 Å². The number of aromatic nitrogens is 5. The van der Waals surface area contributed by atoms with Crippen LogP contribution in [0.25, 0.3) is 11.5 Å². The maximum atomic E-state index is 12.9. The van der Waals surface area contributed by atoms with Crippen molar-refractivity contribution in [3.05, 3.63) is 87.0 Å². The maximum Gasteiger partial charge on any atom is 0.281 e. The second kappa shape index (κ2) is 8.21. The Morgan fingerprint density at radius 3 is 2.61 bits per heavy atom. The third-order valence-corrected chi connectivity index (χ3v) is 4.71. The lowest BCUT2D eigenvalue weighted by molar-refractivity contribution is 0.101. The van der Waals surface area contributed by atoms with Gasteiger partial charge in [0.2, 0.25) is 0 Å². The van der Waals surface area contributed by atoms with Crippen molar-refractivity contribution in [2.75, 3.05) is 5.32 Å². The molecule has 3 aromatic heterocycles. The first-order chi connectivity index (χ1) is 15.0. The molecule has 0 bridgehead atoms. The number of benzene rings is 1. The molecule has 0 radical (unpaired) electrons. The first kappa shape index (κ1) is 20.0. The quantitative estimate of drug-likeness (QED) is 0.459.